The number of hydrogen-bond acceptors (Lipinski definition) is 2. The van der Waals surface area contributed by atoms with E-state index in [2.05, 4.69) is 52.0 Å². The number of alkyl halides is 1. The van der Waals surface area contributed by atoms with E-state index in [4.69, 9.17) is 16.3 Å². The monoisotopic (exact) mass is 438 g/mol. The van der Waals surface area contributed by atoms with Gasteiger partial charge in [0.1, 0.15) is 5.75 Å². The molecule has 0 unspecified atom stereocenters. The van der Waals surface area contributed by atoms with E-state index < -0.39 is 0 Å². The maximum absolute atomic E-state index is 10.4. The van der Waals surface area contributed by atoms with Gasteiger partial charge in [-0.2, -0.15) is 6.42 Å². The Morgan fingerprint density at radius 3 is 2.44 bits per heavy atom. The number of aryl methyl sites for hydroxylation is 2. The quantitative estimate of drug-likeness (QED) is 0.362. The molecule has 1 N–H and O–H groups in total. The topological polar surface area (TPSA) is 29.5 Å². The molecule has 0 amide bonds. The number of ether oxygens (including phenoxy) is 1. The molecule has 1 aromatic carbocycles. The predicted molar refractivity (Wildman–Crippen MR) is 102 cm³/mol. The standard InChI is InChI=1S/C21H30ClO2.Y/c1-5-6-7-8-9-18-19(21(23)12-20(18)22)13-24-17-10-14(2)16(4)15(3)11-17;/h7-8,10-11,18-21,23H,1,5-6,9,12-13H2,2-4H3;/q-1;/b8-7-;/t18-,19-,20-,21-;/m1./s1. The van der Waals surface area contributed by atoms with Crippen molar-refractivity contribution in [3.8, 4) is 5.75 Å². The number of unbranched alkanes of at least 4 members (excludes halogenated alkanes) is 1. The summed E-state index contributed by atoms with van der Waals surface area (Å²) >= 11 is 6.47. The Morgan fingerprint density at radius 1 is 1.20 bits per heavy atom. The number of aliphatic hydroxyl groups excluding tert-OH is 1. The van der Waals surface area contributed by atoms with Crippen LogP contribution in [-0.4, -0.2) is 23.2 Å². The van der Waals surface area contributed by atoms with Crippen molar-refractivity contribution >= 4 is 11.6 Å². The van der Waals surface area contributed by atoms with E-state index in [1.165, 1.54) is 16.7 Å². The molecule has 1 aromatic rings. The molecule has 1 radical (unpaired) electrons. The van der Waals surface area contributed by atoms with Crippen LogP contribution in [-0.2, 0) is 32.7 Å². The number of benzene rings is 1. The van der Waals surface area contributed by atoms with Crippen molar-refractivity contribution in [2.45, 2.75) is 57.9 Å². The Balaban J connectivity index is 0.00000312. The fraction of sp³-hybridized carbons (Fsp3) is 0.571. The van der Waals surface area contributed by atoms with Crippen molar-refractivity contribution in [1.82, 2.24) is 0 Å². The third kappa shape index (κ3) is 6.34. The van der Waals surface area contributed by atoms with Crippen LogP contribution in [0, 0.1) is 39.5 Å². The van der Waals surface area contributed by atoms with Crippen molar-refractivity contribution in [3.05, 3.63) is 47.9 Å². The summed E-state index contributed by atoms with van der Waals surface area (Å²) in [5, 5.41) is 10.4. The third-order valence-electron chi connectivity index (χ3n) is 5.26. The first-order chi connectivity index (χ1) is 11.4. The zero-order chi connectivity index (χ0) is 17.7. The van der Waals surface area contributed by atoms with Crippen LogP contribution >= 0.6 is 11.6 Å². The van der Waals surface area contributed by atoms with Crippen LogP contribution in [0.3, 0.4) is 0 Å². The van der Waals surface area contributed by atoms with E-state index in [0.29, 0.717) is 13.0 Å². The van der Waals surface area contributed by atoms with Crippen LogP contribution in [0.2, 0.25) is 0 Å². The van der Waals surface area contributed by atoms with Gasteiger partial charge in [-0.15, -0.1) is 11.6 Å². The van der Waals surface area contributed by atoms with Crippen LogP contribution in [0.25, 0.3) is 0 Å². The maximum Gasteiger partial charge on any atom is 0.119 e. The number of allylic oxidation sites excluding steroid dienone is 2. The summed E-state index contributed by atoms with van der Waals surface area (Å²) in [7, 11) is 0. The molecule has 1 fully saturated rings. The minimum atomic E-state index is -0.383. The van der Waals surface area contributed by atoms with Gasteiger partial charge in [-0.05, 0) is 68.4 Å². The Labute approximate surface area is 183 Å². The molecule has 137 valence electrons. The fourth-order valence-electron chi connectivity index (χ4n) is 3.45. The van der Waals surface area contributed by atoms with Gasteiger partial charge in [0.25, 0.3) is 0 Å². The number of aliphatic hydroxyl groups is 1. The van der Waals surface area contributed by atoms with E-state index >= 15 is 0 Å². The molecule has 0 saturated heterocycles. The largest absolute Gasteiger partial charge is 0.493 e. The number of halogens is 1. The van der Waals surface area contributed by atoms with Crippen molar-refractivity contribution in [3.63, 3.8) is 0 Å². The van der Waals surface area contributed by atoms with Gasteiger partial charge in [0.15, 0.2) is 0 Å². The Kier molecular flexibility index (Phi) is 10.3. The SMILES string of the molecule is [CH2-]CC/C=C\C[C@@H]1[C@@H](COc2cc(C)c(C)c(C)c2)[C@H](O)C[C@H]1Cl.[Y]. The molecule has 0 aliphatic heterocycles. The van der Waals surface area contributed by atoms with Gasteiger partial charge in [-0.1, -0.05) is 18.6 Å². The minimum Gasteiger partial charge on any atom is -0.493 e. The van der Waals surface area contributed by atoms with E-state index in [9.17, 15) is 5.11 Å². The summed E-state index contributed by atoms with van der Waals surface area (Å²) in [4.78, 5) is 0. The van der Waals surface area contributed by atoms with Crippen molar-refractivity contribution < 1.29 is 42.6 Å². The molecule has 1 aliphatic carbocycles. The van der Waals surface area contributed by atoms with Crippen molar-refractivity contribution in [2.75, 3.05) is 6.61 Å². The number of rotatable bonds is 7. The summed E-state index contributed by atoms with van der Waals surface area (Å²) in [6, 6.07) is 4.15. The molecule has 0 heterocycles. The van der Waals surface area contributed by atoms with E-state index in [1.54, 1.807) is 0 Å². The first-order valence-corrected chi connectivity index (χ1v) is 9.34. The third-order valence-corrected chi connectivity index (χ3v) is 5.77. The molecule has 0 bridgehead atoms. The van der Waals surface area contributed by atoms with Gasteiger partial charge < -0.3 is 16.8 Å². The molecule has 0 spiro atoms. The summed E-state index contributed by atoms with van der Waals surface area (Å²) in [6.07, 6.45) is 7.40. The van der Waals surface area contributed by atoms with Gasteiger partial charge >= 0.3 is 0 Å². The second kappa shape index (κ2) is 11.1. The molecule has 4 atom stereocenters. The summed E-state index contributed by atoms with van der Waals surface area (Å²) in [5.41, 5.74) is 3.78. The number of hydrogen-bond donors (Lipinski definition) is 1. The molecule has 0 aromatic heterocycles. The van der Waals surface area contributed by atoms with E-state index in [0.717, 1.165) is 25.0 Å². The minimum absolute atomic E-state index is 0. The van der Waals surface area contributed by atoms with Crippen molar-refractivity contribution in [2.24, 2.45) is 11.8 Å². The molecular weight excluding hydrogens is 409 g/mol. The maximum atomic E-state index is 10.4. The van der Waals surface area contributed by atoms with Gasteiger partial charge in [0.05, 0.1) is 12.7 Å². The van der Waals surface area contributed by atoms with Gasteiger partial charge in [-0.25, -0.2) is 0 Å². The van der Waals surface area contributed by atoms with E-state index in [1.807, 2.05) is 0 Å². The van der Waals surface area contributed by atoms with Crippen LogP contribution in [0.1, 0.15) is 42.4 Å². The summed E-state index contributed by atoms with van der Waals surface area (Å²) in [6.45, 7) is 10.7. The van der Waals surface area contributed by atoms with Gasteiger partial charge in [0.2, 0.25) is 0 Å². The first-order valence-electron chi connectivity index (χ1n) is 8.91. The second-order valence-corrected chi connectivity index (χ2v) is 7.55. The average Bonchev–Trinajstić information content (AvgIpc) is 2.80. The predicted octanol–water partition coefficient (Wildman–Crippen LogP) is 5.15. The molecule has 25 heavy (non-hydrogen) atoms. The van der Waals surface area contributed by atoms with Crippen LogP contribution in [0.4, 0.5) is 0 Å². The van der Waals surface area contributed by atoms with Crippen LogP contribution in [0.15, 0.2) is 24.3 Å². The zero-order valence-electron chi connectivity index (χ0n) is 15.7. The Bertz CT molecular complexity index is 550. The Hall–Kier alpha value is 0.114. The Morgan fingerprint density at radius 2 is 1.84 bits per heavy atom. The average molecular weight is 439 g/mol. The van der Waals surface area contributed by atoms with Crippen LogP contribution < -0.4 is 4.74 Å². The molecular formula is C21H30ClO2Y-. The molecule has 1 aliphatic rings. The molecule has 1 saturated carbocycles. The summed E-state index contributed by atoms with van der Waals surface area (Å²) in [5.74, 6) is 1.22. The van der Waals surface area contributed by atoms with E-state index in [-0.39, 0.29) is 56.0 Å². The smallest absolute Gasteiger partial charge is 0.119 e. The second-order valence-electron chi connectivity index (χ2n) is 6.99. The molecule has 2 rings (SSSR count). The fourth-order valence-corrected chi connectivity index (χ4v) is 3.92. The summed E-state index contributed by atoms with van der Waals surface area (Å²) < 4.78 is 6.03. The van der Waals surface area contributed by atoms with Crippen LogP contribution in [0.5, 0.6) is 5.75 Å². The van der Waals surface area contributed by atoms with Gasteiger partial charge in [-0.3, -0.25) is 0 Å². The molecule has 4 heteroatoms. The normalized spacial score (nSPS) is 26.0. The first kappa shape index (κ1) is 23.2. The molecule has 2 nitrogen and oxygen atoms in total. The zero-order valence-corrected chi connectivity index (χ0v) is 19.3. The van der Waals surface area contributed by atoms with Gasteiger partial charge in [0, 0.05) is 44.0 Å². The van der Waals surface area contributed by atoms with Crippen molar-refractivity contribution in [1.29, 1.82) is 0 Å².